The van der Waals surface area contributed by atoms with Crippen molar-refractivity contribution in [2.75, 3.05) is 33.2 Å². The first kappa shape index (κ1) is 23.6. The van der Waals surface area contributed by atoms with Gasteiger partial charge in [-0.1, -0.05) is 13.0 Å². The van der Waals surface area contributed by atoms with Crippen molar-refractivity contribution in [3.8, 4) is 0 Å². The number of aliphatic imine (C=N–C) groups is 1. The second-order valence-electron chi connectivity index (χ2n) is 6.74. The lowest BCUT2D eigenvalue weighted by molar-refractivity contribution is -0.122. The molecule has 1 aliphatic rings. The first-order valence-electron chi connectivity index (χ1n) is 9.49. The zero-order valence-electron chi connectivity index (χ0n) is 16.6. The molecule has 1 amide bonds. The maximum absolute atomic E-state index is 11.8. The second kappa shape index (κ2) is 12.9. The van der Waals surface area contributed by atoms with Gasteiger partial charge in [0.25, 0.3) is 0 Å². The van der Waals surface area contributed by atoms with E-state index < -0.39 is 0 Å². The molecule has 152 valence electrons. The standard InChI is InChI=1S/C19H32N6O.HI/c1-4-9-22-18(26)14-25-11-7-16(8-12-25)24-19(20-3)23-13-17-15(2)6-5-10-21-17;/h5-6,10,16H,4,7-9,11-14H2,1-3H3,(H,22,26)(H2,20,23,24);1H. The molecule has 27 heavy (non-hydrogen) atoms. The molecule has 0 spiro atoms. The number of likely N-dealkylation sites (tertiary alicyclic amines) is 1. The Morgan fingerprint density at radius 1 is 1.33 bits per heavy atom. The van der Waals surface area contributed by atoms with Crippen molar-refractivity contribution < 1.29 is 4.79 Å². The van der Waals surface area contributed by atoms with Gasteiger partial charge in [-0.25, -0.2) is 0 Å². The van der Waals surface area contributed by atoms with Gasteiger partial charge in [0, 0.05) is 38.9 Å². The van der Waals surface area contributed by atoms with Crippen molar-refractivity contribution in [1.29, 1.82) is 0 Å². The monoisotopic (exact) mass is 488 g/mol. The average molecular weight is 488 g/mol. The van der Waals surface area contributed by atoms with Crippen molar-refractivity contribution in [3.05, 3.63) is 29.6 Å². The number of nitrogens with zero attached hydrogens (tertiary/aromatic N) is 3. The van der Waals surface area contributed by atoms with Gasteiger partial charge < -0.3 is 16.0 Å². The Bertz CT molecular complexity index is 602. The van der Waals surface area contributed by atoms with Gasteiger partial charge in [0.2, 0.25) is 5.91 Å². The number of rotatable bonds is 7. The van der Waals surface area contributed by atoms with Crippen LogP contribution in [0.25, 0.3) is 0 Å². The first-order chi connectivity index (χ1) is 12.6. The summed E-state index contributed by atoms with van der Waals surface area (Å²) in [7, 11) is 1.79. The molecular weight excluding hydrogens is 455 g/mol. The summed E-state index contributed by atoms with van der Waals surface area (Å²) in [5.74, 6) is 0.927. The Morgan fingerprint density at radius 3 is 2.70 bits per heavy atom. The lowest BCUT2D eigenvalue weighted by Crippen LogP contribution is -2.50. The van der Waals surface area contributed by atoms with Crippen LogP contribution in [-0.2, 0) is 11.3 Å². The molecule has 0 atom stereocenters. The summed E-state index contributed by atoms with van der Waals surface area (Å²) < 4.78 is 0. The van der Waals surface area contributed by atoms with Gasteiger partial charge in [-0.05, 0) is 37.8 Å². The van der Waals surface area contributed by atoms with Crippen molar-refractivity contribution in [2.24, 2.45) is 4.99 Å². The molecule has 2 heterocycles. The summed E-state index contributed by atoms with van der Waals surface area (Å²) in [5.41, 5.74) is 2.20. The van der Waals surface area contributed by atoms with Gasteiger partial charge in [0.1, 0.15) is 0 Å². The highest BCUT2D eigenvalue weighted by Gasteiger charge is 2.21. The molecule has 7 nitrogen and oxygen atoms in total. The Kier molecular flexibility index (Phi) is 11.3. The number of guanidine groups is 1. The number of halogens is 1. The number of aryl methyl sites for hydroxylation is 1. The highest BCUT2D eigenvalue weighted by atomic mass is 127. The maximum Gasteiger partial charge on any atom is 0.234 e. The van der Waals surface area contributed by atoms with Gasteiger partial charge >= 0.3 is 0 Å². The quantitative estimate of drug-likeness (QED) is 0.309. The molecule has 0 aliphatic carbocycles. The van der Waals surface area contributed by atoms with Crippen LogP contribution in [0, 0.1) is 6.92 Å². The Labute approximate surface area is 179 Å². The third-order valence-electron chi connectivity index (χ3n) is 4.63. The van der Waals surface area contributed by atoms with E-state index in [4.69, 9.17) is 0 Å². The molecule has 1 aliphatic heterocycles. The molecule has 0 aromatic carbocycles. The number of hydrogen-bond acceptors (Lipinski definition) is 4. The number of pyridine rings is 1. The smallest absolute Gasteiger partial charge is 0.234 e. The predicted molar refractivity (Wildman–Crippen MR) is 120 cm³/mol. The summed E-state index contributed by atoms with van der Waals surface area (Å²) in [5, 5.41) is 9.76. The zero-order chi connectivity index (χ0) is 18.8. The van der Waals surface area contributed by atoms with Crippen LogP contribution in [0.3, 0.4) is 0 Å². The molecule has 0 bridgehead atoms. The molecular formula is C19H33IN6O. The number of hydrogen-bond donors (Lipinski definition) is 3. The minimum absolute atomic E-state index is 0. The van der Waals surface area contributed by atoms with Gasteiger partial charge in [0.05, 0.1) is 18.8 Å². The Morgan fingerprint density at radius 2 is 2.07 bits per heavy atom. The number of carbonyl (C=O) groups is 1. The van der Waals surface area contributed by atoms with Crippen molar-refractivity contribution in [2.45, 2.75) is 45.7 Å². The van der Waals surface area contributed by atoms with E-state index in [9.17, 15) is 4.79 Å². The fourth-order valence-electron chi connectivity index (χ4n) is 3.02. The van der Waals surface area contributed by atoms with Crippen LogP contribution < -0.4 is 16.0 Å². The zero-order valence-corrected chi connectivity index (χ0v) is 19.0. The molecule has 1 fully saturated rings. The molecule has 0 radical (unpaired) electrons. The Balaban J connectivity index is 0.00000364. The van der Waals surface area contributed by atoms with Crippen molar-refractivity contribution >= 4 is 35.8 Å². The summed E-state index contributed by atoms with van der Waals surface area (Å²) in [6.07, 6.45) is 4.79. The fraction of sp³-hybridized carbons (Fsp3) is 0.632. The normalized spacial score (nSPS) is 15.7. The van der Waals surface area contributed by atoms with E-state index in [0.717, 1.165) is 50.6 Å². The third-order valence-corrected chi connectivity index (χ3v) is 4.63. The minimum atomic E-state index is 0. The van der Waals surface area contributed by atoms with Crippen molar-refractivity contribution in [3.63, 3.8) is 0 Å². The highest BCUT2D eigenvalue weighted by Crippen LogP contribution is 2.10. The molecule has 2 rings (SSSR count). The molecule has 0 saturated carbocycles. The van der Waals surface area contributed by atoms with Crippen LogP contribution in [0.2, 0.25) is 0 Å². The van der Waals surface area contributed by atoms with E-state index in [1.54, 1.807) is 7.05 Å². The summed E-state index contributed by atoms with van der Waals surface area (Å²) in [6.45, 7) is 7.89. The van der Waals surface area contributed by atoms with Gasteiger partial charge in [0.15, 0.2) is 5.96 Å². The van der Waals surface area contributed by atoms with E-state index >= 15 is 0 Å². The topological polar surface area (TPSA) is 81.7 Å². The number of amides is 1. The lowest BCUT2D eigenvalue weighted by atomic mass is 10.1. The molecule has 8 heteroatoms. The molecule has 0 unspecified atom stereocenters. The Hall–Kier alpha value is -1.42. The van der Waals surface area contributed by atoms with Crippen LogP contribution in [0.1, 0.15) is 37.4 Å². The third kappa shape index (κ3) is 8.42. The predicted octanol–water partition coefficient (Wildman–Crippen LogP) is 1.66. The van der Waals surface area contributed by atoms with E-state index in [0.29, 0.717) is 19.1 Å². The van der Waals surface area contributed by atoms with Gasteiger partial charge in [-0.2, -0.15) is 0 Å². The minimum Gasteiger partial charge on any atom is -0.355 e. The van der Waals surface area contributed by atoms with E-state index in [1.165, 1.54) is 5.56 Å². The fourth-order valence-corrected chi connectivity index (χ4v) is 3.02. The van der Waals surface area contributed by atoms with Crippen LogP contribution in [0.4, 0.5) is 0 Å². The molecule has 1 saturated heterocycles. The SMILES string of the molecule is CCCNC(=O)CN1CCC(NC(=NC)NCc2ncccc2C)CC1.I. The van der Waals surface area contributed by atoms with E-state index in [-0.39, 0.29) is 29.9 Å². The number of carbonyl (C=O) groups excluding carboxylic acids is 1. The van der Waals surface area contributed by atoms with Crippen LogP contribution in [0.15, 0.2) is 23.3 Å². The maximum atomic E-state index is 11.8. The summed E-state index contributed by atoms with van der Waals surface area (Å²) in [6, 6.07) is 4.38. The first-order valence-corrected chi connectivity index (χ1v) is 9.49. The summed E-state index contributed by atoms with van der Waals surface area (Å²) in [4.78, 5) is 22.8. The van der Waals surface area contributed by atoms with E-state index in [1.807, 2.05) is 12.3 Å². The van der Waals surface area contributed by atoms with Crippen molar-refractivity contribution in [1.82, 2.24) is 25.8 Å². The molecule has 1 aromatic heterocycles. The molecule has 1 aromatic rings. The summed E-state index contributed by atoms with van der Waals surface area (Å²) >= 11 is 0. The van der Waals surface area contributed by atoms with E-state index in [2.05, 4.69) is 50.7 Å². The number of nitrogens with one attached hydrogen (secondary N) is 3. The van der Waals surface area contributed by atoms with Crippen LogP contribution in [-0.4, -0.2) is 61.0 Å². The number of aromatic nitrogens is 1. The average Bonchev–Trinajstić information content (AvgIpc) is 2.66. The van der Waals surface area contributed by atoms with Crippen LogP contribution in [0.5, 0.6) is 0 Å². The van der Waals surface area contributed by atoms with Crippen LogP contribution >= 0.6 is 24.0 Å². The van der Waals surface area contributed by atoms with Gasteiger partial charge in [-0.15, -0.1) is 24.0 Å². The van der Waals surface area contributed by atoms with Gasteiger partial charge in [-0.3, -0.25) is 19.7 Å². The number of piperidine rings is 1. The molecule has 3 N–H and O–H groups in total. The highest BCUT2D eigenvalue weighted by molar-refractivity contribution is 14.0. The lowest BCUT2D eigenvalue weighted by Gasteiger charge is -2.32. The largest absolute Gasteiger partial charge is 0.355 e. The second-order valence-corrected chi connectivity index (χ2v) is 6.74.